The lowest BCUT2D eigenvalue weighted by Gasteiger charge is -2.32. The molecule has 2 N–H and O–H groups in total. The zero-order valence-corrected chi connectivity index (χ0v) is 19.7. The molecule has 0 radical (unpaired) electrons. The van der Waals surface area contributed by atoms with E-state index in [1.54, 1.807) is 4.90 Å². The quantitative estimate of drug-likeness (QED) is 0.327. The number of hydrogen-bond acceptors (Lipinski definition) is 4. The normalized spacial score (nSPS) is 16.1. The van der Waals surface area contributed by atoms with Crippen LogP contribution in [0.5, 0.6) is 0 Å². The predicted molar refractivity (Wildman–Crippen MR) is 125 cm³/mol. The first-order valence-corrected chi connectivity index (χ1v) is 10.9. The molecule has 2 rings (SSSR count). The maximum atomic E-state index is 12.2. The minimum Gasteiger partial charge on any atom is -0.453 e. The number of carbonyl (C=O) groups is 1. The van der Waals surface area contributed by atoms with Crippen LogP contribution in [0.15, 0.2) is 35.3 Å². The maximum absolute atomic E-state index is 12.2. The Morgan fingerprint density at radius 2 is 1.96 bits per heavy atom. The van der Waals surface area contributed by atoms with Crippen molar-refractivity contribution in [2.75, 3.05) is 39.0 Å². The number of nitrogens with one attached hydrogen (secondary N) is 2. The second-order valence-corrected chi connectivity index (χ2v) is 7.99. The monoisotopic (exact) mass is 522 g/mol. The lowest BCUT2D eigenvalue weighted by atomic mass is 10.1. The molecule has 0 spiro atoms. The third kappa shape index (κ3) is 8.76. The van der Waals surface area contributed by atoms with Gasteiger partial charge in [0.15, 0.2) is 5.96 Å². The number of methoxy groups -OCH3 is 1. The molecule has 1 atom stereocenters. The van der Waals surface area contributed by atoms with Gasteiger partial charge < -0.3 is 20.3 Å². The van der Waals surface area contributed by atoms with Crippen molar-refractivity contribution in [1.29, 1.82) is 0 Å². The summed E-state index contributed by atoms with van der Waals surface area (Å²) in [5, 5.41) is 6.65. The number of amides is 1. The summed E-state index contributed by atoms with van der Waals surface area (Å²) < 4.78 is 17.0. The van der Waals surface area contributed by atoms with Gasteiger partial charge >= 0.3 is 6.09 Å². The Morgan fingerprint density at radius 1 is 1.29 bits per heavy atom. The molecule has 1 aromatic rings. The van der Waals surface area contributed by atoms with Crippen LogP contribution >= 0.6 is 24.0 Å². The fraction of sp³-hybridized carbons (Fsp3) is 0.579. The van der Waals surface area contributed by atoms with E-state index in [-0.39, 0.29) is 36.1 Å². The molecule has 1 fully saturated rings. The average molecular weight is 522 g/mol. The molecule has 1 unspecified atom stereocenters. The minimum absolute atomic E-state index is 0. The van der Waals surface area contributed by atoms with Crippen molar-refractivity contribution in [3.63, 3.8) is 0 Å². The average Bonchev–Trinajstić information content (AvgIpc) is 2.69. The molecule has 1 aromatic carbocycles. The maximum Gasteiger partial charge on any atom is 0.409 e. The van der Waals surface area contributed by atoms with E-state index < -0.39 is 10.8 Å². The Hall–Kier alpha value is -1.36. The van der Waals surface area contributed by atoms with E-state index in [0.29, 0.717) is 31.1 Å². The van der Waals surface area contributed by atoms with Gasteiger partial charge in [-0.3, -0.25) is 9.20 Å². The van der Waals surface area contributed by atoms with E-state index in [4.69, 9.17) is 4.74 Å². The van der Waals surface area contributed by atoms with Crippen LogP contribution in [0.2, 0.25) is 0 Å². The summed E-state index contributed by atoms with van der Waals surface area (Å²) in [4.78, 5) is 17.8. The summed E-state index contributed by atoms with van der Waals surface area (Å²) in [5.74, 6) is 1.84. The fourth-order valence-electron chi connectivity index (χ4n) is 2.94. The second-order valence-electron chi connectivity index (χ2n) is 6.41. The molecular weight excluding hydrogens is 491 g/mol. The lowest BCUT2D eigenvalue weighted by molar-refractivity contribution is 0.111. The molecule has 1 saturated heterocycles. The fourth-order valence-corrected chi connectivity index (χ4v) is 3.94. The molecule has 9 heteroatoms. The molecule has 1 aliphatic rings. The highest BCUT2D eigenvalue weighted by atomic mass is 127. The van der Waals surface area contributed by atoms with Gasteiger partial charge in [0, 0.05) is 48.0 Å². The third-order valence-corrected chi connectivity index (χ3v) is 5.67. The smallest absolute Gasteiger partial charge is 0.409 e. The molecule has 28 heavy (non-hydrogen) atoms. The Kier molecular flexibility index (Phi) is 12.1. The van der Waals surface area contributed by atoms with Gasteiger partial charge in [-0.15, -0.1) is 24.0 Å². The Balaban J connectivity index is 0.00000392. The van der Waals surface area contributed by atoms with Crippen molar-refractivity contribution in [3.05, 3.63) is 35.9 Å². The molecule has 0 saturated carbocycles. The molecule has 0 bridgehead atoms. The number of ether oxygens (including phenoxy) is 1. The van der Waals surface area contributed by atoms with Crippen LogP contribution in [0.1, 0.15) is 25.3 Å². The molecule has 0 aromatic heterocycles. The summed E-state index contributed by atoms with van der Waals surface area (Å²) in [5.41, 5.74) is 1.09. The molecule has 1 amide bonds. The number of carbonyl (C=O) groups excluding carboxylic acids is 1. The summed E-state index contributed by atoms with van der Waals surface area (Å²) in [6.07, 6.45) is 1.42. The van der Waals surface area contributed by atoms with Crippen molar-refractivity contribution in [2.45, 2.75) is 31.6 Å². The van der Waals surface area contributed by atoms with Crippen LogP contribution in [-0.2, 0) is 21.3 Å². The number of halogens is 1. The van der Waals surface area contributed by atoms with Gasteiger partial charge in [-0.1, -0.05) is 30.3 Å². The first-order valence-electron chi connectivity index (χ1n) is 9.39. The number of hydrogen-bond donors (Lipinski definition) is 2. The van der Waals surface area contributed by atoms with E-state index in [2.05, 4.69) is 15.6 Å². The first kappa shape index (κ1) is 24.7. The lowest BCUT2D eigenvalue weighted by Crippen LogP contribution is -2.49. The number of likely N-dealkylation sites (tertiary alicyclic amines) is 1. The first-order chi connectivity index (χ1) is 13.1. The SMILES string of the molecule is CCNC(=NCCS(=O)Cc1ccccc1)NC1CCN(C(=O)OC)CC1.I. The summed E-state index contributed by atoms with van der Waals surface area (Å²) in [6, 6.07) is 10.1. The van der Waals surface area contributed by atoms with Gasteiger partial charge in [0.1, 0.15) is 0 Å². The van der Waals surface area contributed by atoms with Gasteiger partial charge in [-0.25, -0.2) is 4.79 Å². The third-order valence-electron chi connectivity index (χ3n) is 4.37. The van der Waals surface area contributed by atoms with E-state index in [1.807, 2.05) is 37.3 Å². The topological polar surface area (TPSA) is 83.0 Å². The predicted octanol–water partition coefficient (Wildman–Crippen LogP) is 2.34. The standard InChI is InChI=1S/C19H30N4O3S.HI/c1-3-20-18(22-17-9-12-23(13-10-17)19(24)26-2)21-11-14-27(25)15-16-7-5-4-6-8-16;/h4-8,17H,3,9-15H2,1-2H3,(H2,20,21,22);1H. The molecule has 7 nitrogen and oxygen atoms in total. The van der Waals surface area contributed by atoms with Crippen molar-refractivity contribution < 1.29 is 13.7 Å². The van der Waals surface area contributed by atoms with Crippen LogP contribution in [0.3, 0.4) is 0 Å². The minimum atomic E-state index is -0.930. The number of aliphatic imine (C=N–C) groups is 1. The van der Waals surface area contributed by atoms with Crippen LogP contribution < -0.4 is 10.6 Å². The summed E-state index contributed by atoms with van der Waals surface area (Å²) in [6.45, 7) is 4.63. The molecule has 0 aliphatic carbocycles. The molecule has 1 heterocycles. The zero-order valence-electron chi connectivity index (χ0n) is 16.6. The molecule has 1 aliphatic heterocycles. The molecule has 158 valence electrons. The van der Waals surface area contributed by atoms with Gasteiger partial charge in [0.2, 0.25) is 0 Å². The van der Waals surface area contributed by atoms with E-state index in [0.717, 1.165) is 30.9 Å². The van der Waals surface area contributed by atoms with E-state index in [1.165, 1.54) is 7.11 Å². The van der Waals surface area contributed by atoms with Gasteiger partial charge in [0.25, 0.3) is 0 Å². The highest BCUT2D eigenvalue weighted by molar-refractivity contribution is 14.0. The van der Waals surface area contributed by atoms with Crippen LogP contribution in [0, 0.1) is 0 Å². The number of guanidine groups is 1. The zero-order chi connectivity index (χ0) is 19.5. The molecular formula is C19H31IN4O3S. The van der Waals surface area contributed by atoms with Crippen LogP contribution in [0.4, 0.5) is 4.79 Å². The Morgan fingerprint density at radius 3 is 2.57 bits per heavy atom. The van der Waals surface area contributed by atoms with E-state index >= 15 is 0 Å². The van der Waals surface area contributed by atoms with Crippen LogP contribution in [0.25, 0.3) is 0 Å². The van der Waals surface area contributed by atoms with Crippen molar-refractivity contribution in [1.82, 2.24) is 15.5 Å². The Labute approximate surface area is 187 Å². The number of piperidine rings is 1. The summed E-state index contributed by atoms with van der Waals surface area (Å²) in [7, 11) is 0.477. The van der Waals surface area contributed by atoms with Gasteiger partial charge in [0.05, 0.1) is 13.7 Å². The van der Waals surface area contributed by atoms with Crippen LogP contribution in [-0.4, -0.2) is 66.2 Å². The van der Waals surface area contributed by atoms with E-state index in [9.17, 15) is 9.00 Å². The Bertz CT molecular complexity index is 637. The summed E-state index contributed by atoms with van der Waals surface area (Å²) >= 11 is 0. The van der Waals surface area contributed by atoms with Gasteiger partial charge in [-0.05, 0) is 25.3 Å². The van der Waals surface area contributed by atoms with Crippen molar-refractivity contribution in [3.8, 4) is 0 Å². The van der Waals surface area contributed by atoms with Crippen molar-refractivity contribution in [2.24, 2.45) is 4.99 Å². The van der Waals surface area contributed by atoms with Gasteiger partial charge in [-0.2, -0.15) is 0 Å². The van der Waals surface area contributed by atoms with Crippen molar-refractivity contribution >= 4 is 46.8 Å². The highest BCUT2D eigenvalue weighted by Gasteiger charge is 2.23. The second kappa shape index (κ2) is 13.8. The number of benzene rings is 1. The number of nitrogens with zero attached hydrogens (tertiary/aromatic N) is 2. The number of rotatable bonds is 7. The largest absolute Gasteiger partial charge is 0.453 e. The highest BCUT2D eigenvalue weighted by Crippen LogP contribution is 2.11.